The Morgan fingerprint density at radius 1 is 1.05 bits per heavy atom. The molecule has 0 saturated carbocycles. The second-order valence-electron chi connectivity index (χ2n) is 5.11. The molecule has 98 valence electrons. The minimum atomic E-state index is -0.802. The molecule has 0 aromatic heterocycles. The summed E-state index contributed by atoms with van der Waals surface area (Å²) in [4.78, 5) is 0. The van der Waals surface area contributed by atoms with Gasteiger partial charge < -0.3 is 0 Å². The van der Waals surface area contributed by atoms with E-state index >= 15 is 0 Å². The van der Waals surface area contributed by atoms with Gasteiger partial charge in [0.1, 0.15) is 0 Å². The van der Waals surface area contributed by atoms with E-state index in [1.807, 2.05) is 37.3 Å². The van der Waals surface area contributed by atoms with Crippen molar-refractivity contribution < 1.29 is 24.5 Å². The van der Waals surface area contributed by atoms with Gasteiger partial charge in [-0.15, -0.1) is 0 Å². The molecule has 2 heteroatoms. The summed E-state index contributed by atoms with van der Waals surface area (Å²) in [6, 6.07) is 18.4. The number of aliphatic hydroxyl groups is 1. The average molecular weight is 422 g/mol. The normalized spacial score (nSPS) is 13.8. The van der Waals surface area contributed by atoms with E-state index in [1.54, 1.807) is 0 Å². The molecule has 2 rings (SSSR count). The van der Waals surface area contributed by atoms with Gasteiger partial charge in [0.15, 0.2) is 0 Å². The predicted octanol–water partition coefficient (Wildman–Crippen LogP) is 3.36. The van der Waals surface area contributed by atoms with Crippen LogP contribution in [0.4, 0.5) is 0 Å². The first-order valence-electron chi connectivity index (χ1n) is 6.37. The van der Waals surface area contributed by atoms with E-state index in [1.165, 1.54) is 34.4 Å². The molecule has 1 N–H and O–H groups in total. The van der Waals surface area contributed by atoms with Gasteiger partial charge in [0.2, 0.25) is 0 Å². The fourth-order valence-electron chi connectivity index (χ4n) is 2.05. The number of hydrogen-bond acceptors (Lipinski definition) is 1. The summed E-state index contributed by atoms with van der Waals surface area (Å²) in [5.41, 5.74) is 2.67. The van der Waals surface area contributed by atoms with Crippen LogP contribution in [0.2, 0.25) is 0 Å². The Kier molecular flexibility index (Phi) is 4.49. The van der Waals surface area contributed by atoms with Crippen LogP contribution in [-0.4, -0.2) is 9.00 Å². The van der Waals surface area contributed by atoms with Gasteiger partial charge in [-0.25, -0.2) is 0 Å². The van der Waals surface area contributed by atoms with Crippen molar-refractivity contribution in [2.45, 2.75) is 25.9 Å². The predicted molar refractivity (Wildman–Crippen MR) is 75.9 cm³/mol. The van der Waals surface area contributed by atoms with E-state index in [0.29, 0.717) is 6.42 Å². The van der Waals surface area contributed by atoms with Crippen LogP contribution in [0.15, 0.2) is 54.6 Å². The molecular weight excluding hydrogens is 404 g/mol. The zero-order valence-electron chi connectivity index (χ0n) is 11.3. The first-order valence-corrected chi connectivity index (χ1v) is 7.83. The fourth-order valence-corrected chi connectivity index (χ4v) is 3.55. The standard InChI is InChI=1S/C17H18O.W/c1-14-8-10-15(11-9-14)12-13-17(2,18)16-6-4-3-5-7-16;/h3-11,18H,13H2,1-2H3;. The fraction of sp³-hybridized carbons (Fsp3) is 0.235. The van der Waals surface area contributed by atoms with Crippen LogP contribution in [0.5, 0.6) is 0 Å². The van der Waals surface area contributed by atoms with Gasteiger partial charge in [-0.3, -0.25) is 0 Å². The molecular formula is C17H18OW. The van der Waals surface area contributed by atoms with Crippen molar-refractivity contribution in [3.8, 4) is 0 Å². The van der Waals surface area contributed by atoms with E-state index in [0.717, 1.165) is 5.56 Å². The molecule has 2 aromatic carbocycles. The topological polar surface area (TPSA) is 20.2 Å². The third-order valence-corrected chi connectivity index (χ3v) is 4.64. The van der Waals surface area contributed by atoms with Crippen molar-refractivity contribution in [1.29, 1.82) is 0 Å². The van der Waals surface area contributed by atoms with Gasteiger partial charge in [0, 0.05) is 0 Å². The summed E-state index contributed by atoms with van der Waals surface area (Å²) >= 11 is 1.41. The SMILES string of the molecule is Cc1ccc([C](=[W])CC(C)(O)c2ccccc2)cc1. The molecule has 19 heavy (non-hydrogen) atoms. The maximum absolute atomic E-state index is 10.7. The molecule has 0 radical (unpaired) electrons. The monoisotopic (exact) mass is 422 g/mol. The summed E-state index contributed by atoms with van der Waals surface area (Å²) in [6.07, 6.45) is 0.676. The van der Waals surface area contributed by atoms with Crippen LogP contribution in [0, 0.1) is 6.92 Å². The Balaban J connectivity index is 2.16. The first kappa shape index (κ1) is 14.4. The number of benzene rings is 2. The van der Waals surface area contributed by atoms with E-state index in [4.69, 9.17) is 0 Å². The van der Waals surface area contributed by atoms with Crippen molar-refractivity contribution in [1.82, 2.24) is 0 Å². The molecule has 0 heterocycles. The van der Waals surface area contributed by atoms with Crippen molar-refractivity contribution >= 4 is 3.90 Å². The number of rotatable bonds is 4. The van der Waals surface area contributed by atoms with Crippen LogP contribution < -0.4 is 0 Å². The van der Waals surface area contributed by atoms with Gasteiger partial charge >= 0.3 is 126 Å². The summed E-state index contributed by atoms with van der Waals surface area (Å²) in [5.74, 6) is 0. The Labute approximate surface area is 125 Å². The summed E-state index contributed by atoms with van der Waals surface area (Å²) < 4.78 is 1.29. The second kappa shape index (κ2) is 5.94. The number of hydrogen-bond donors (Lipinski definition) is 1. The third kappa shape index (κ3) is 3.72. The molecule has 0 amide bonds. The van der Waals surface area contributed by atoms with Crippen LogP contribution in [0.3, 0.4) is 0 Å². The average Bonchev–Trinajstić information content (AvgIpc) is 2.40. The second-order valence-corrected chi connectivity index (χ2v) is 6.88. The van der Waals surface area contributed by atoms with Crippen molar-refractivity contribution in [2.24, 2.45) is 0 Å². The van der Waals surface area contributed by atoms with E-state index < -0.39 is 5.60 Å². The molecule has 1 atom stereocenters. The Hall–Kier alpha value is -1.04. The molecule has 0 aliphatic carbocycles. The van der Waals surface area contributed by atoms with Crippen LogP contribution in [0.25, 0.3) is 0 Å². The molecule has 1 unspecified atom stereocenters. The van der Waals surface area contributed by atoms with Gasteiger partial charge in [-0.1, -0.05) is 0 Å². The van der Waals surface area contributed by atoms with Crippen LogP contribution >= 0.6 is 0 Å². The molecule has 2 aromatic rings. The van der Waals surface area contributed by atoms with E-state index in [9.17, 15) is 5.11 Å². The zero-order valence-corrected chi connectivity index (χ0v) is 14.2. The molecule has 0 bridgehead atoms. The summed E-state index contributed by atoms with van der Waals surface area (Å²) in [7, 11) is 0. The van der Waals surface area contributed by atoms with E-state index in [-0.39, 0.29) is 0 Å². The Morgan fingerprint density at radius 2 is 1.63 bits per heavy atom. The van der Waals surface area contributed by atoms with Gasteiger partial charge in [-0.2, -0.15) is 0 Å². The molecule has 0 fully saturated rings. The van der Waals surface area contributed by atoms with Crippen molar-refractivity contribution in [3.63, 3.8) is 0 Å². The molecule has 0 aliphatic heterocycles. The zero-order chi connectivity index (χ0) is 13.9. The molecule has 0 aliphatic rings. The minimum absolute atomic E-state index is 0.676. The molecule has 1 nitrogen and oxygen atoms in total. The third-order valence-electron chi connectivity index (χ3n) is 3.27. The van der Waals surface area contributed by atoms with Crippen molar-refractivity contribution in [2.75, 3.05) is 0 Å². The van der Waals surface area contributed by atoms with Gasteiger partial charge in [-0.05, 0) is 0 Å². The van der Waals surface area contributed by atoms with Crippen LogP contribution in [0.1, 0.15) is 30.0 Å². The van der Waals surface area contributed by atoms with E-state index in [2.05, 4.69) is 31.2 Å². The van der Waals surface area contributed by atoms with Crippen molar-refractivity contribution in [3.05, 3.63) is 71.3 Å². The Bertz CT molecular complexity index is 556. The quantitative estimate of drug-likeness (QED) is 0.802. The van der Waals surface area contributed by atoms with Gasteiger partial charge in [0.25, 0.3) is 0 Å². The summed E-state index contributed by atoms with van der Waals surface area (Å²) in [5, 5.41) is 10.7. The van der Waals surface area contributed by atoms with Crippen LogP contribution in [-0.2, 0) is 25.0 Å². The first-order chi connectivity index (χ1) is 8.99. The van der Waals surface area contributed by atoms with Gasteiger partial charge in [0.05, 0.1) is 0 Å². The maximum atomic E-state index is 10.7. The Morgan fingerprint density at radius 3 is 2.21 bits per heavy atom. The molecule has 0 saturated heterocycles. The number of aryl methyl sites for hydroxylation is 1. The summed E-state index contributed by atoms with van der Waals surface area (Å²) in [6.45, 7) is 3.98. The molecule has 0 spiro atoms.